The smallest absolute Gasteiger partial charge is 0.144 e. The van der Waals surface area contributed by atoms with E-state index >= 15 is 0 Å². The topological polar surface area (TPSA) is 33.4 Å². The number of rotatable bonds is 2. The molecular weight excluding hydrogens is 260 g/mol. The van der Waals surface area contributed by atoms with Crippen LogP contribution in [0.15, 0.2) is 59.0 Å². The van der Waals surface area contributed by atoms with Gasteiger partial charge in [-0.2, -0.15) is 0 Å². The van der Waals surface area contributed by atoms with Crippen LogP contribution in [0, 0.1) is 0 Å². The van der Waals surface area contributed by atoms with Crippen LogP contribution in [0.2, 0.25) is 5.02 Å². The van der Waals surface area contributed by atoms with Crippen molar-refractivity contribution in [1.29, 1.82) is 0 Å². The predicted molar refractivity (Wildman–Crippen MR) is 76.3 cm³/mol. The van der Waals surface area contributed by atoms with E-state index in [9.17, 15) is 5.11 Å². The summed E-state index contributed by atoms with van der Waals surface area (Å²) in [5.41, 5.74) is 0.350. The van der Waals surface area contributed by atoms with Crippen molar-refractivity contribution < 1.29 is 9.52 Å². The fourth-order valence-corrected chi connectivity index (χ4v) is 2.34. The van der Waals surface area contributed by atoms with Gasteiger partial charge in [-0.3, -0.25) is 0 Å². The third-order valence-electron chi connectivity index (χ3n) is 3.29. The van der Waals surface area contributed by atoms with Crippen LogP contribution in [-0.4, -0.2) is 5.11 Å². The Hall–Kier alpha value is -1.77. The molecule has 1 atom stereocenters. The lowest BCUT2D eigenvalue weighted by atomic mass is 9.93. The SMILES string of the molecule is CC(O)(c1ccccc1)c1cc2cc(Cl)ccc2o1. The molecule has 2 nitrogen and oxygen atoms in total. The van der Waals surface area contributed by atoms with Crippen molar-refractivity contribution in [3.63, 3.8) is 0 Å². The maximum Gasteiger partial charge on any atom is 0.144 e. The second kappa shape index (κ2) is 4.41. The molecule has 0 fully saturated rings. The van der Waals surface area contributed by atoms with Crippen molar-refractivity contribution in [1.82, 2.24) is 0 Å². The van der Waals surface area contributed by atoms with E-state index in [2.05, 4.69) is 0 Å². The standard InChI is InChI=1S/C16H13ClO2/c1-16(18,12-5-3-2-4-6-12)15-10-11-9-13(17)7-8-14(11)19-15/h2-10,18H,1H3. The van der Waals surface area contributed by atoms with Gasteiger partial charge in [0, 0.05) is 10.4 Å². The molecule has 3 aromatic rings. The highest BCUT2D eigenvalue weighted by atomic mass is 35.5. The number of hydrogen-bond acceptors (Lipinski definition) is 2. The Morgan fingerprint density at radius 3 is 2.53 bits per heavy atom. The molecule has 1 aromatic heterocycles. The summed E-state index contributed by atoms with van der Waals surface area (Å²) in [6, 6.07) is 16.7. The van der Waals surface area contributed by atoms with E-state index in [1.54, 1.807) is 13.0 Å². The number of hydrogen-bond donors (Lipinski definition) is 1. The van der Waals surface area contributed by atoms with Gasteiger partial charge >= 0.3 is 0 Å². The van der Waals surface area contributed by atoms with Crippen LogP contribution in [0.3, 0.4) is 0 Å². The molecule has 96 valence electrons. The van der Waals surface area contributed by atoms with Crippen molar-refractivity contribution in [2.45, 2.75) is 12.5 Å². The molecule has 0 amide bonds. The van der Waals surface area contributed by atoms with Gasteiger partial charge in [0.05, 0.1) is 0 Å². The van der Waals surface area contributed by atoms with Gasteiger partial charge in [-0.05, 0) is 36.8 Å². The highest BCUT2D eigenvalue weighted by Crippen LogP contribution is 2.33. The Morgan fingerprint density at radius 2 is 1.79 bits per heavy atom. The minimum atomic E-state index is -1.16. The molecule has 3 heteroatoms. The third-order valence-corrected chi connectivity index (χ3v) is 3.53. The van der Waals surface area contributed by atoms with Gasteiger partial charge in [0.25, 0.3) is 0 Å². The molecule has 1 unspecified atom stereocenters. The first-order valence-corrected chi connectivity index (χ1v) is 6.42. The summed E-state index contributed by atoms with van der Waals surface area (Å²) in [5, 5.41) is 12.2. The van der Waals surface area contributed by atoms with Crippen LogP contribution in [0.1, 0.15) is 18.2 Å². The number of fused-ring (bicyclic) bond motifs is 1. The lowest BCUT2D eigenvalue weighted by molar-refractivity contribution is 0.0786. The molecule has 0 bridgehead atoms. The molecule has 0 saturated heterocycles. The predicted octanol–water partition coefficient (Wildman–Crippen LogP) is 4.34. The summed E-state index contributed by atoms with van der Waals surface area (Å²) < 4.78 is 5.73. The quantitative estimate of drug-likeness (QED) is 0.753. The zero-order valence-corrected chi connectivity index (χ0v) is 11.2. The maximum absolute atomic E-state index is 10.7. The number of halogens is 1. The van der Waals surface area contributed by atoms with Gasteiger partial charge in [-0.15, -0.1) is 0 Å². The lowest BCUT2D eigenvalue weighted by Crippen LogP contribution is -2.21. The number of furan rings is 1. The molecule has 0 aliphatic rings. The summed E-state index contributed by atoms with van der Waals surface area (Å²) in [4.78, 5) is 0. The van der Waals surface area contributed by atoms with Gasteiger partial charge in [0.2, 0.25) is 0 Å². The second-order valence-electron chi connectivity index (χ2n) is 4.73. The maximum atomic E-state index is 10.7. The van der Waals surface area contributed by atoms with Crippen molar-refractivity contribution in [2.24, 2.45) is 0 Å². The fraction of sp³-hybridized carbons (Fsp3) is 0.125. The van der Waals surface area contributed by atoms with E-state index in [0.29, 0.717) is 10.8 Å². The van der Waals surface area contributed by atoms with E-state index in [-0.39, 0.29) is 0 Å². The summed E-state index contributed by atoms with van der Waals surface area (Å²) in [6.07, 6.45) is 0. The Morgan fingerprint density at radius 1 is 1.05 bits per heavy atom. The summed E-state index contributed by atoms with van der Waals surface area (Å²) in [7, 11) is 0. The first-order valence-electron chi connectivity index (χ1n) is 6.05. The molecular formula is C16H13ClO2. The Labute approximate surface area is 116 Å². The summed E-state index contributed by atoms with van der Waals surface area (Å²) in [6.45, 7) is 1.72. The minimum Gasteiger partial charge on any atom is -0.458 e. The zero-order valence-electron chi connectivity index (χ0n) is 10.4. The van der Waals surface area contributed by atoms with Gasteiger partial charge in [-0.1, -0.05) is 41.9 Å². The molecule has 0 spiro atoms. The Bertz CT molecular complexity index is 714. The number of aliphatic hydroxyl groups is 1. The monoisotopic (exact) mass is 272 g/mol. The van der Waals surface area contributed by atoms with Crippen LogP contribution in [0.5, 0.6) is 0 Å². The lowest BCUT2D eigenvalue weighted by Gasteiger charge is -2.20. The average Bonchev–Trinajstić information content (AvgIpc) is 2.83. The van der Waals surface area contributed by atoms with Gasteiger partial charge in [-0.25, -0.2) is 0 Å². The molecule has 2 aromatic carbocycles. The van der Waals surface area contributed by atoms with Crippen LogP contribution in [-0.2, 0) is 5.60 Å². The van der Waals surface area contributed by atoms with E-state index in [0.717, 1.165) is 16.5 Å². The van der Waals surface area contributed by atoms with Crippen LogP contribution >= 0.6 is 11.6 Å². The zero-order chi connectivity index (χ0) is 13.5. The highest BCUT2D eigenvalue weighted by Gasteiger charge is 2.29. The molecule has 3 rings (SSSR count). The first-order chi connectivity index (χ1) is 9.07. The Balaban J connectivity index is 2.13. The van der Waals surface area contributed by atoms with Crippen molar-refractivity contribution in [2.75, 3.05) is 0 Å². The molecule has 0 aliphatic carbocycles. The van der Waals surface area contributed by atoms with E-state index in [1.807, 2.05) is 48.5 Å². The van der Waals surface area contributed by atoms with Gasteiger partial charge in [0.1, 0.15) is 16.9 Å². The first kappa shape index (κ1) is 12.3. The molecule has 1 heterocycles. The van der Waals surface area contributed by atoms with Crippen molar-refractivity contribution >= 4 is 22.6 Å². The van der Waals surface area contributed by atoms with Crippen LogP contribution < -0.4 is 0 Å². The molecule has 19 heavy (non-hydrogen) atoms. The normalized spacial score (nSPS) is 14.5. The molecule has 0 saturated carbocycles. The summed E-state index contributed by atoms with van der Waals surface area (Å²) in [5.74, 6) is 0.510. The van der Waals surface area contributed by atoms with Gasteiger partial charge < -0.3 is 9.52 Å². The summed E-state index contributed by atoms with van der Waals surface area (Å²) >= 11 is 5.96. The molecule has 1 N–H and O–H groups in total. The molecule has 0 radical (unpaired) electrons. The number of benzene rings is 2. The highest BCUT2D eigenvalue weighted by molar-refractivity contribution is 6.31. The molecule has 0 aliphatic heterocycles. The Kier molecular flexibility index (Phi) is 2.85. The minimum absolute atomic E-state index is 0.510. The average molecular weight is 273 g/mol. The van der Waals surface area contributed by atoms with E-state index in [1.165, 1.54) is 0 Å². The van der Waals surface area contributed by atoms with Gasteiger partial charge in [0.15, 0.2) is 0 Å². The van der Waals surface area contributed by atoms with Crippen molar-refractivity contribution in [3.8, 4) is 0 Å². The third kappa shape index (κ3) is 2.14. The van der Waals surface area contributed by atoms with E-state index < -0.39 is 5.60 Å². The fourth-order valence-electron chi connectivity index (χ4n) is 2.16. The largest absolute Gasteiger partial charge is 0.458 e. The van der Waals surface area contributed by atoms with Crippen LogP contribution in [0.4, 0.5) is 0 Å². The second-order valence-corrected chi connectivity index (χ2v) is 5.17. The van der Waals surface area contributed by atoms with Crippen LogP contribution in [0.25, 0.3) is 11.0 Å². The van der Waals surface area contributed by atoms with E-state index in [4.69, 9.17) is 16.0 Å². The van der Waals surface area contributed by atoms with Crippen molar-refractivity contribution in [3.05, 3.63) is 70.9 Å².